The monoisotopic (exact) mass is 366 g/mol. The molecule has 0 saturated carbocycles. The Hall–Kier alpha value is -2.42. The maximum Gasteiger partial charge on any atom is 0.573 e. The van der Waals surface area contributed by atoms with Crippen LogP contribution in [0.25, 0.3) is 11.1 Å². The Balaban J connectivity index is 2.54. The lowest BCUT2D eigenvalue weighted by Gasteiger charge is -2.16. The van der Waals surface area contributed by atoms with Gasteiger partial charge in [0.25, 0.3) is 0 Å². The number of alkyl halides is 6. The topological polar surface area (TPSA) is 38.7 Å². The maximum atomic E-state index is 13.0. The van der Waals surface area contributed by atoms with Gasteiger partial charge in [-0.05, 0) is 29.8 Å². The van der Waals surface area contributed by atoms with Crippen molar-refractivity contribution in [1.29, 1.82) is 0 Å². The third kappa shape index (κ3) is 5.28. The third-order valence-electron chi connectivity index (χ3n) is 3.02. The molecule has 0 heterocycles. The summed E-state index contributed by atoms with van der Waals surface area (Å²) < 4.78 is 85.5. The van der Waals surface area contributed by atoms with E-state index >= 15 is 0 Å². The Bertz CT molecular complexity index is 725. The molecular formula is C16H12F6O3. The molecule has 3 nitrogen and oxygen atoms in total. The van der Waals surface area contributed by atoms with Crippen LogP contribution < -0.4 is 9.47 Å². The molecule has 0 atom stereocenters. The molecule has 2 rings (SSSR count). The molecule has 0 bridgehead atoms. The van der Waals surface area contributed by atoms with Gasteiger partial charge < -0.3 is 14.6 Å². The minimum atomic E-state index is -4.99. The lowest BCUT2D eigenvalue weighted by Crippen LogP contribution is -2.17. The molecule has 0 saturated heterocycles. The first-order valence-electron chi connectivity index (χ1n) is 6.91. The summed E-state index contributed by atoms with van der Waals surface area (Å²) in [5.41, 5.74) is -1.44. The highest BCUT2D eigenvalue weighted by molar-refractivity contribution is 5.72. The fraction of sp³-hybridized carbons (Fsp3) is 0.250. The van der Waals surface area contributed by atoms with Crippen molar-refractivity contribution in [3.8, 4) is 22.6 Å². The van der Waals surface area contributed by atoms with Gasteiger partial charge in [0.15, 0.2) is 0 Å². The van der Waals surface area contributed by atoms with Gasteiger partial charge in [-0.15, -0.1) is 13.2 Å². The first kappa shape index (κ1) is 18.9. The largest absolute Gasteiger partial charge is 0.573 e. The van der Waals surface area contributed by atoms with Crippen molar-refractivity contribution in [3.63, 3.8) is 0 Å². The van der Waals surface area contributed by atoms with Gasteiger partial charge in [-0.25, -0.2) is 0 Å². The molecule has 0 aromatic heterocycles. The zero-order valence-electron chi connectivity index (χ0n) is 12.5. The van der Waals surface area contributed by atoms with Crippen molar-refractivity contribution in [2.24, 2.45) is 0 Å². The molecule has 0 aliphatic heterocycles. The van der Waals surface area contributed by atoms with Gasteiger partial charge in [-0.2, -0.15) is 13.2 Å². The number of ether oxygens (including phenoxy) is 2. The van der Waals surface area contributed by atoms with Crippen LogP contribution in [-0.2, 0) is 6.18 Å². The van der Waals surface area contributed by atoms with Crippen LogP contribution in [0, 0.1) is 0 Å². The van der Waals surface area contributed by atoms with Crippen molar-refractivity contribution >= 4 is 0 Å². The fourth-order valence-corrected chi connectivity index (χ4v) is 2.08. The number of hydrogen-bond acceptors (Lipinski definition) is 3. The van der Waals surface area contributed by atoms with Crippen molar-refractivity contribution in [3.05, 3.63) is 48.0 Å². The fourth-order valence-electron chi connectivity index (χ4n) is 2.08. The van der Waals surface area contributed by atoms with Crippen LogP contribution in [0.5, 0.6) is 11.5 Å². The Labute approximate surface area is 138 Å². The predicted octanol–water partition coefficient (Wildman–Crippen LogP) is 4.64. The number of aliphatic hydroxyl groups is 1. The number of rotatable bonds is 5. The summed E-state index contributed by atoms with van der Waals surface area (Å²) >= 11 is 0. The zero-order chi connectivity index (χ0) is 18.7. The highest BCUT2D eigenvalue weighted by Gasteiger charge is 2.34. The van der Waals surface area contributed by atoms with E-state index in [1.165, 1.54) is 18.2 Å². The second-order valence-electron chi connectivity index (χ2n) is 4.86. The molecule has 2 aromatic rings. The number of para-hydroxylation sites is 1. The predicted molar refractivity (Wildman–Crippen MR) is 76.1 cm³/mol. The molecule has 1 N–H and O–H groups in total. The molecule has 2 aromatic carbocycles. The van der Waals surface area contributed by atoms with E-state index in [1.54, 1.807) is 0 Å². The van der Waals surface area contributed by atoms with E-state index in [9.17, 15) is 26.3 Å². The van der Waals surface area contributed by atoms with Crippen molar-refractivity contribution in [2.75, 3.05) is 13.2 Å². The highest BCUT2D eigenvalue weighted by atomic mass is 19.4. The van der Waals surface area contributed by atoms with Gasteiger partial charge in [-0.3, -0.25) is 0 Å². The van der Waals surface area contributed by atoms with E-state index in [0.29, 0.717) is 12.1 Å². The molecule has 9 heteroatoms. The normalized spacial score (nSPS) is 12.1. The number of hydrogen-bond donors (Lipinski definition) is 1. The first-order valence-corrected chi connectivity index (χ1v) is 6.91. The van der Waals surface area contributed by atoms with E-state index in [-0.39, 0.29) is 23.5 Å². The third-order valence-corrected chi connectivity index (χ3v) is 3.02. The van der Waals surface area contributed by atoms with E-state index in [1.807, 2.05) is 0 Å². The molecule has 0 aliphatic rings. The van der Waals surface area contributed by atoms with Gasteiger partial charge in [0.1, 0.15) is 18.1 Å². The van der Waals surface area contributed by atoms with E-state index < -0.39 is 30.5 Å². The Morgan fingerprint density at radius 2 is 1.60 bits per heavy atom. The van der Waals surface area contributed by atoms with Gasteiger partial charge in [0.05, 0.1) is 12.2 Å². The van der Waals surface area contributed by atoms with Crippen LogP contribution in [0.15, 0.2) is 42.5 Å². The second kappa shape index (κ2) is 7.22. The summed E-state index contributed by atoms with van der Waals surface area (Å²) in [5.74, 6) is -0.872. The van der Waals surface area contributed by atoms with E-state index in [0.717, 1.165) is 12.1 Å². The van der Waals surface area contributed by atoms with Crippen molar-refractivity contribution in [2.45, 2.75) is 12.5 Å². The molecule has 0 fully saturated rings. The maximum absolute atomic E-state index is 13.0. The van der Waals surface area contributed by atoms with Crippen molar-refractivity contribution < 1.29 is 40.9 Å². The molecule has 0 amide bonds. The van der Waals surface area contributed by atoms with Crippen LogP contribution in [0.3, 0.4) is 0 Å². The number of benzene rings is 2. The molecule has 25 heavy (non-hydrogen) atoms. The molecule has 136 valence electrons. The zero-order valence-corrected chi connectivity index (χ0v) is 12.5. The van der Waals surface area contributed by atoms with Gasteiger partial charge in [0, 0.05) is 5.56 Å². The Morgan fingerprint density at radius 1 is 0.920 bits per heavy atom. The smallest absolute Gasteiger partial charge is 0.491 e. The van der Waals surface area contributed by atoms with Crippen LogP contribution in [-0.4, -0.2) is 24.7 Å². The lowest BCUT2D eigenvalue weighted by molar-refractivity contribution is -0.274. The Kier molecular flexibility index (Phi) is 5.46. The number of halogens is 6. The number of aliphatic hydroxyl groups excluding tert-OH is 1. The first-order chi connectivity index (χ1) is 11.6. The van der Waals surface area contributed by atoms with Crippen LogP contribution in [0.1, 0.15) is 5.56 Å². The lowest BCUT2D eigenvalue weighted by atomic mass is 10.0. The summed E-state index contributed by atoms with van der Waals surface area (Å²) in [4.78, 5) is 0. The molecule has 0 radical (unpaired) electrons. The summed E-state index contributed by atoms with van der Waals surface area (Å²) in [6.45, 7) is -0.694. The van der Waals surface area contributed by atoms with Gasteiger partial charge in [-0.1, -0.05) is 18.2 Å². The van der Waals surface area contributed by atoms with Gasteiger partial charge >= 0.3 is 12.5 Å². The van der Waals surface area contributed by atoms with Crippen LogP contribution >= 0.6 is 0 Å². The molecular weight excluding hydrogens is 354 g/mol. The summed E-state index contributed by atoms with van der Waals surface area (Å²) in [5, 5.41) is 8.72. The summed E-state index contributed by atoms with van der Waals surface area (Å²) in [6, 6.07) is 7.37. The molecule has 0 aliphatic carbocycles. The Morgan fingerprint density at radius 3 is 2.20 bits per heavy atom. The van der Waals surface area contributed by atoms with Crippen LogP contribution in [0.4, 0.5) is 26.3 Å². The summed E-state index contributed by atoms with van der Waals surface area (Å²) in [6.07, 6.45) is -9.72. The highest BCUT2D eigenvalue weighted by Crippen LogP contribution is 2.39. The SMILES string of the molecule is OCCOc1cc(-c2ccccc2OC(F)(F)F)cc(C(F)(F)F)c1. The van der Waals surface area contributed by atoms with Crippen molar-refractivity contribution in [1.82, 2.24) is 0 Å². The minimum Gasteiger partial charge on any atom is -0.491 e. The van der Waals surface area contributed by atoms with Crippen LogP contribution in [0.2, 0.25) is 0 Å². The minimum absolute atomic E-state index is 0.164. The summed E-state index contributed by atoms with van der Waals surface area (Å²) in [7, 11) is 0. The quantitative estimate of drug-likeness (QED) is 0.784. The molecule has 0 unspecified atom stereocenters. The molecule has 0 spiro atoms. The van der Waals surface area contributed by atoms with E-state index in [4.69, 9.17) is 9.84 Å². The van der Waals surface area contributed by atoms with Gasteiger partial charge in [0.2, 0.25) is 0 Å². The second-order valence-corrected chi connectivity index (χ2v) is 4.86. The van der Waals surface area contributed by atoms with E-state index in [2.05, 4.69) is 4.74 Å². The standard InChI is InChI=1S/C16H12F6O3/c17-15(18,19)11-7-10(8-12(9-11)24-6-5-23)13-3-1-2-4-14(13)25-16(20,21)22/h1-4,7-9,23H,5-6H2. The average Bonchev–Trinajstić information content (AvgIpc) is 2.51. The average molecular weight is 366 g/mol.